The molecule has 2 bridgehead atoms. The quantitative estimate of drug-likeness (QED) is 0.737. The lowest BCUT2D eigenvalue weighted by Gasteiger charge is -2.48. The van der Waals surface area contributed by atoms with Crippen LogP contribution in [0.4, 0.5) is 0 Å². The van der Waals surface area contributed by atoms with E-state index in [1.54, 1.807) is 0 Å². The molecule has 5 heterocycles. The molecule has 2 aromatic rings. The molecule has 4 N–H and O–H groups in total. The molecule has 0 aliphatic carbocycles. The first-order valence-corrected chi connectivity index (χ1v) is 11.8. The van der Waals surface area contributed by atoms with Gasteiger partial charge < -0.3 is 24.9 Å². The Morgan fingerprint density at radius 3 is 2.77 bits per heavy atom. The van der Waals surface area contributed by atoms with E-state index in [0.29, 0.717) is 5.92 Å². The van der Waals surface area contributed by atoms with Crippen molar-refractivity contribution in [1.82, 2.24) is 9.97 Å². The third-order valence-electron chi connectivity index (χ3n) is 7.41. The first-order chi connectivity index (χ1) is 14.7. The summed E-state index contributed by atoms with van der Waals surface area (Å²) in [6.07, 6.45) is 12.9. The normalized spacial score (nSPS) is 33.7. The van der Waals surface area contributed by atoms with Crippen molar-refractivity contribution in [2.75, 3.05) is 7.11 Å². The summed E-state index contributed by atoms with van der Waals surface area (Å²) < 4.78 is 12.9. The van der Waals surface area contributed by atoms with Crippen LogP contribution in [0.1, 0.15) is 81.3 Å². The molecule has 5 rings (SSSR count). The highest BCUT2D eigenvalue weighted by Crippen LogP contribution is 2.53. The van der Waals surface area contributed by atoms with Gasteiger partial charge >= 0.3 is 0 Å². The molecule has 0 radical (unpaired) electrons. The maximum absolute atomic E-state index is 6.78. The highest BCUT2D eigenvalue weighted by Gasteiger charge is 2.58. The van der Waals surface area contributed by atoms with Gasteiger partial charge in [-0.1, -0.05) is 25.7 Å². The molecule has 3 aliphatic rings. The summed E-state index contributed by atoms with van der Waals surface area (Å²) >= 11 is 0. The van der Waals surface area contributed by atoms with Crippen LogP contribution >= 0.6 is 0 Å². The lowest BCUT2D eigenvalue weighted by Crippen LogP contribution is -2.54. The third-order valence-corrected chi connectivity index (χ3v) is 7.41. The number of hydrogen-bond acceptors (Lipinski definition) is 3. The number of aliphatic imine (C=N–C) groups is 1. The van der Waals surface area contributed by atoms with Gasteiger partial charge in [0, 0.05) is 31.1 Å². The van der Waals surface area contributed by atoms with Crippen molar-refractivity contribution in [3.63, 3.8) is 0 Å². The largest absolute Gasteiger partial charge is 0.412 e. The average Bonchev–Trinajstić information content (AvgIpc) is 3.46. The molecule has 0 unspecified atom stereocenters. The highest BCUT2D eigenvalue weighted by molar-refractivity contribution is 6.01. The number of rotatable bonds is 2. The van der Waals surface area contributed by atoms with Crippen LogP contribution in [0.15, 0.2) is 35.5 Å². The highest BCUT2D eigenvalue weighted by atomic mass is 16.6. The van der Waals surface area contributed by atoms with Crippen molar-refractivity contribution >= 4 is 5.71 Å². The number of H-pyrrole nitrogens is 2. The SMILES string of the molecule is CO[C@@H]1CC(c2ccc[nH]2)=N[C@]12O[C@@H](C)C[C@@H]1CCCCCCCc3ccc([nH]3)[C@H]12.O. The van der Waals surface area contributed by atoms with Crippen molar-refractivity contribution in [3.05, 3.63) is 47.5 Å². The fraction of sp³-hybridized carbons (Fsp3) is 0.640. The van der Waals surface area contributed by atoms with Crippen LogP contribution in [0.5, 0.6) is 0 Å². The Bertz CT molecular complexity index is 874. The molecule has 2 aromatic heterocycles. The number of methoxy groups -OCH3 is 1. The maximum Gasteiger partial charge on any atom is 0.194 e. The van der Waals surface area contributed by atoms with Crippen LogP contribution in [0.25, 0.3) is 0 Å². The van der Waals surface area contributed by atoms with Crippen molar-refractivity contribution < 1.29 is 14.9 Å². The van der Waals surface area contributed by atoms with Gasteiger partial charge in [0.15, 0.2) is 5.72 Å². The Morgan fingerprint density at radius 2 is 1.97 bits per heavy atom. The van der Waals surface area contributed by atoms with Gasteiger partial charge in [0.2, 0.25) is 0 Å². The fourth-order valence-electron chi connectivity index (χ4n) is 6.10. The smallest absolute Gasteiger partial charge is 0.194 e. The molecular weight excluding hydrogens is 390 g/mol. The zero-order valence-corrected chi connectivity index (χ0v) is 18.8. The van der Waals surface area contributed by atoms with Crippen molar-refractivity contribution in [2.24, 2.45) is 10.9 Å². The summed E-state index contributed by atoms with van der Waals surface area (Å²) in [7, 11) is 1.81. The minimum absolute atomic E-state index is 0. The number of fused-ring (bicyclic) bond motifs is 5. The minimum Gasteiger partial charge on any atom is -0.412 e. The molecule has 1 spiro atoms. The van der Waals surface area contributed by atoms with E-state index in [0.717, 1.165) is 30.7 Å². The van der Waals surface area contributed by atoms with Crippen LogP contribution in [0.3, 0.4) is 0 Å². The van der Waals surface area contributed by atoms with Gasteiger partial charge in [0.25, 0.3) is 0 Å². The lowest BCUT2D eigenvalue weighted by molar-refractivity contribution is -0.200. The van der Waals surface area contributed by atoms with Crippen LogP contribution in [0, 0.1) is 5.92 Å². The number of aryl methyl sites for hydroxylation is 1. The van der Waals surface area contributed by atoms with Gasteiger partial charge in [-0.25, -0.2) is 4.99 Å². The monoisotopic (exact) mass is 427 g/mol. The van der Waals surface area contributed by atoms with Crippen LogP contribution in [0.2, 0.25) is 0 Å². The Hall–Kier alpha value is -1.89. The molecule has 5 atom stereocenters. The summed E-state index contributed by atoms with van der Waals surface area (Å²) in [5, 5.41) is 0. The zero-order chi connectivity index (χ0) is 20.6. The summed E-state index contributed by atoms with van der Waals surface area (Å²) in [6, 6.07) is 8.70. The van der Waals surface area contributed by atoms with Crippen molar-refractivity contribution in [2.45, 2.75) is 88.6 Å². The number of nitrogens with one attached hydrogen (secondary N) is 2. The standard InChI is InChI=1S/C25H35N3O2.H2O/c1-17-15-18-9-6-4-3-5-7-10-19-12-13-21(27-19)24(18)25(30-17)23(29-2)16-22(28-25)20-11-8-14-26-20;/h8,11-14,17-18,23-24,26-27H,3-7,9-10,15-16H2,1-2H3;1H2/t17-,18-,23+,24-,25-;/m0./s1. The Morgan fingerprint density at radius 1 is 1.13 bits per heavy atom. The van der Waals surface area contributed by atoms with Crippen molar-refractivity contribution in [3.8, 4) is 0 Å². The van der Waals surface area contributed by atoms with Crippen LogP contribution < -0.4 is 0 Å². The van der Waals surface area contributed by atoms with Gasteiger partial charge in [0.05, 0.1) is 23.4 Å². The molecule has 6 heteroatoms. The summed E-state index contributed by atoms with van der Waals surface area (Å²) in [5.41, 5.74) is 4.11. The van der Waals surface area contributed by atoms with Gasteiger partial charge in [0.1, 0.15) is 6.10 Å². The molecule has 0 aromatic carbocycles. The van der Waals surface area contributed by atoms with Crippen LogP contribution in [-0.2, 0) is 15.9 Å². The predicted octanol–water partition coefficient (Wildman–Crippen LogP) is 4.53. The number of aromatic nitrogens is 2. The zero-order valence-electron chi connectivity index (χ0n) is 18.8. The van der Waals surface area contributed by atoms with Gasteiger partial charge in [-0.15, -0.1) is 0 Å². The van der Waals surface area contributed by atoms with E-state index in [-0.39, 0.29) is 23.6 Å². The minimum atomic E-state index is -0.663. The van der Waals surface area contributed by atoms with Gasteiger partial charge in [-0.05, 0) is 62.8 Å². The van der Waals surface area contributed by atoms with E-state index >= 15 is 0 Å². The molecule has 170 valence electrons. The Balaban J connectivity index is 0.00000231. The maximum atomic E-state index is 6.78. The lowest BCUT2D eigenvalue weighted by atomic mass is 9.72. The van der Waals surface area contributed by atoms with E-state index in [4.69, 9.17) is 14.5 Å². The second-order valence-corrected chi connectivity index (χ2v) is 9.47. The van der Waals surface area contributed by atoms with E-state index in [9.17, 15) is 0 Å². The second kappa shape index (κ2) is 9.31. The Kier molecular flexibility index (Phi) is 6.70. The molecular formula is C25H37N3O3. The number of ether oxygens (including phenoxy) is 2. The van der Waals surface area contributed by atoms with Gasteiger partial charge in [-0.2, -0.15) is 0 Å². The van der Waals surface area contributed by atoms with E-state index < -0.39 is 5.72 Å². The van der Waals surface area contributed by atoms with Gasteiger partial charge in [-0.3, -0.25) is 0 Å². The molecule has 0 amide bonds. The molecule has 0 saturated carbocycles. The second-order valence-electron chi connectivity index (χ2n) is 9.47. The first kappa shape index (κ1) is 22.3. The Labute approximate surface area is 185 Å². The summed E-state index contributed by atoms with van der Waals surface area (Å²) in [5.74, 6) is 0.739. The molecule has 6 nitrogen and oxygen atoms in total. The molecule has 3 aliphatic heterocycles. The fourth-order valence-corrected chi connectivity index (χ4v) is 6.10. The van der Waals surface area contributed by atoms with E-state index in [2.05, 4.69) is 35.1 Å². The van der Waals surface area contributed by atoms with Crippen molar-refractivity contribution in [1.29, 1.82) is 0 Å². The van der Waals surface area contributed by atoms with Crippen LogP contribution in [-0.4, -0.2) is 46.2 Å². The summed E-state index contributed by atoms with van der Waals surface area (Å²) in [6.45, 7) is 2.21. The molecule has 1 fully saturated rings. The van der Waals surface area contributed by atoms with E-state index in [1.807, 2.05) is 19.4 Å². The average molecular weight is 428 g/mol. The summed E-state index contributed by atoms with van der Waals surface area (Å²) in [4.78, 5) is 12.4. The topological polar surface area (TPSA) is 93.9 Å². The van der Waals surface area contributed by atoms with E-state index in [1.165, 1.54) is 49.9 Å². The molecule has 31 heavy (non-hydrogen) atoms. The number of hydrogen-bond donors (Lipinski definition) is 2. The number of nitrogens with zero attached hydrogens (tertiary/aromatic N) is 1. The predicted molar refractivity (Wildman–Crippen MR) is 123 cm³/mol. The third kappa shape index (κ3) is 4.13. The number of aromatic amines is 2. The first-order valence-electron chi connectivity index (χ1n) is 11.8. The molecule has 1 saturated heterocycles.